The van der Waals surface area contributed by atoms with Gasteiger partial charge in [-0.05, 0) is 18.2 Å². The van der Waals surface area contributed by atoms with E-state index in [0.717, 1.165) is 24.3 Å². The Morgan fingerprint density at radius 2 is 1.67 bits per heavy atom. The summed E-state index contributed by atoms with van der Waals surface area (Å²) in [5, 5.41) is 22.1. The number of nitrogens with one attached hydrogen (secondary N) is 1. The summed E-state index contributed by atoms with van der Waals surface area (Å²) in [6, 6.07) is 5.60. The highest BCUT2D eigenvalue weighted by atomic mass is 35.5. The van der Waals surface area contributed by atoms with Crippen molar-refractivity contribution in [3.05, 3.63) is 66.6 Å². The molecule has 0 heterocycles. The fourth-order valence-corrected chi connectivity index (χ4v) is 2.51. The van der Waals surface area contributed by atoms with Gasteiger partial charge in [0, 0.05) is 12.1 Å². The van der Waals surface area contributed by atoms with Crippen molar-refractivity contribution < 1.29 is 19.6 Å². The van der Waals surface area contributed by atoms with Crippen LogP contribution < -0.4 is 5.32 Å². The Morgan fingerprint density at radius 3 is 2.25 bits per heavy atom. The van der Waals surface area contributed by atoms with Crippen LogP contribution in [0.1, 0.15) is 20.7 Å². The molecule has 0 unspecified atom stereocenters. The average molecular weight is 390 g/mol. The first-order valence-corrected chi connectivity index (χ1v) is 7.31. The average Bonchev–Trinajstić information content (AvgIpc) is 2.49. The smallest absolute Gasteiger partial charge is 0.337 e. The zero-order valence-electron chi connectivity index (χ0n) is 11.5. The van der Waals surface area contributed by atoms with Gasteiger partial charge >= 0.3 is 5.97 Å². The van der Waals surface area contributed by atoms with Gasteiger partial charge in [-0.3, -0.25) is 14.9 Å². The fourth-order valence-electron chi connectivity index (χ4n) is 1.80. The van der Waals surface area contributed by atoms with Crippen LogP contribution >= 0.6 is 34.8 Å². The quantitative estimate of drug-likeness (QED) is 0.591. The molecule has 10 heteroatoms. The van der Waals surface area contributed by atoms with Gasteiger partial charge < -0.3 is 10.4 Å². The number of amides is 1. The summed E-state index contributed by atoms with van der Waals surface area (Å²) in [7, 11) is 0. The SMILES string of the molecule is O=C(O)c1cc(NC(=O)c2cc([N+](=O)[O-])ccc2Cl)c(Cl)cc1Cl. The number of carboxylic acid groups (broad SMARTS) is 1. The maximum atomic E-state index is 12.3. The summed E-state index contributed by atoms with van der Waals surface area (Å²) < 4.78 is 0. The first kappa shape index (κ1) is 18.0. The summed E-state index contributed by atoms with van der Waals surface area (Å²) in [4.78, 5) is 33.5. The molecule has 124 valence electrons. The van der Waals surface area contributed by atoms with Crippen LogP contribution in [0, 0.1) is 10.1 Å². The lowest BCUT2D eigenvalue weighted by atomic mass is 10.1. The monoisotopic (exact) mass is 388 g/mol. The van der Waals surface area contributed by atoms with E-state index in [0.29, 0.717) is 0 Å². The van der Waals surface area contributed by atoms with Gasteiger partial charge in [0.2, 0.25) is 0 Å². The van der Waals surface area contributed by atoms with Crippen LogP contribution in [0.3, 0.4) is 0 Å². The summed E-state index contributed by atoms with van der Waals surface area (Å²) in [5.74, 6) is -2.09. The van der Waals surface area contributed by atoms with Crippen LogP contribution in [0.5, 0.6) is 0 Å². The van der Waals surface area contributed by atoms with Gasteiger partial charge in [-0.25, -0.2) is 4.79 Å². The molecule has 24 heavy (non-hydrogen) atoms. The van der Waals surface area contributed by atoms with Gasteiger partial charge in [-0.2, -0.15) is 0 Å². The molecule has 1 amide bonds. The van der Waals surface area contributed by atoms with Gasteiger partial charge in [0.15, 0.2) is 0 Å². The van der Waals surface area contributed by atoms with E-state index in [4.69, 9.17) is 39.9 Å². The van der Waals surface area contributed by atoms with Crippen LogP contribution in [0.4, 0.5) is 11.4 Å². The van der Waals surface area contributed by atoms with Gasteiger partial charge in [0.25, 0.3) is 11.6 Å². The third-order valence-electron chi connectivity index (χ3n) is 2.94. The van der Waals surface area contributed by atoms with E-state index in [2.05, 4.69) is 5.32 Å². The van der Waals surface area contributed by atoms with Crippen molar-refractivity contribution in [2.45, 2.75) is 0 Å². The van der Waals surface area contributed by atoms with E-state index in [1.165, 1.54) is 6.07 Å². The van der Waals surface area contributed by atoms with E-state index in [9.17, 15) is 19.7 Å². The van der Waals surface area contributed by atoms with Crippen LogP contribution in [0.2, 0.25) is 15.1 Å². The lowest BCUT2D eigenvalue weighted by molar-refractivity contribution is -0.384. The maximum absolute atomic E-state index is 12.3. The number of benzene rings is 2. The number of aromatic carboxylic acids is 1. The number of rotatable bonds is 4. The maximum Gasteiger partial charge on any atom is 0.337 e. The topological polar surface area (TPSA) is 110 Å². The largest absolute Gasteiger partial charge is 0.478 e. The molecule has 2 rings (SSSR count). The minimum Gasteiger partial charge on any atom is -0.478 e. The lowest BCUT2D eigenvalue weighted by Gasteiger charge is -2.10. The zero-order valence-corrected chi connectivity index (χ0v) is 13.8. The van der Waals surface area contributed by atoms with E-state index >= 15 is 0 Å². The Bertz CT molecular complexity index is 870. The Balaban J connectivity index is 2.40. The fraction of sp³-hybridized carbons (Fsp3) is 0. The summed E-state index contributed by atoms with van der Waals surface area (Å²) in [5.41, 5.74) is -0.765. The minimum absolute atomic E-state index is 0.0000895. The highest BCUT2D eigenvalue weighted by Crippen LogP contribution is 2.30. The van der Waals surface area contributed by atoms with E-state index < -0.39 is 16.8 Å². The van der Waals surface area contributed by atoms with Crippen LogP contribution in [0.25, 0.3) is 0 Å². The molecule has 0 aliphatic carbocycles. The standard InChI is InChI=1S/C14H7Cl3N2O5/c15-9-2-1-6(19(23)24)3-7(9)13(20)18-12-4-8(14(21)22)10(16)5-11(12)17/h1-5H,(H,18,20)(H,21,22). The molecule has 0 radical (unpaired) electrons. The number of hydrogen-bond acceptors (Lipinski definition) is 4. The third kappa shape index (κ3) is 3.76. The molecule has 2 aromatic rings. The highest BCUT2D eigenvalue weighted by Gasteiger charge is 2.19. The molecular weight excluding hydrogens is 383 g/mol. The number of non-ortho nitro benzene ring substituents is 1. The Hall–Kier alpha value is -2.35. The van der Waals surface area contributed by atoms with Crippen LogP contribution in [-0.2, 0) is 0 Å². The number of carbonyl (C=O) groups excluding carboxylic acids is 1. The van der Waals surface area contributed by atoms with Gasteiger partial charge in [-0.15, -0.1) is 0 Å². The molecule has 0 aliphatic heterocycles. The number of carbonyl (C=O) groups is 2. The van der Waals surface area contributed by atoms with E-state index in [1.54, 1.807) is 0 Å². The second-order valence-electron chi connectivity index (χ2n) is 4.49. The number of halogens is 3. The second-order valence-corrected chi connectivity index (χ2v) is 5.71. The molecule has 2 aromatic carbocycles. The molecule has 0 aliphatic rings. The second kappa shape index (κ2) is 7.04. The number of nitro groups is 1. The Labute approximate surface area is 149 Å². The van der Waals surface area contributed by atoms with Crippen molar-refractivity contribution in [1.82, 2.24) is 0 Å². The first-order valence-electron chi connectivity index (χ1n) is 6.18. The molecule has 0 bridgehead atoms. The lowest BCUT2D eigenvalue weighted by Crippen LogP contribution is -2.14. The molecule has 2 N–H and O–H groups in total. The van der Waals surface area contributed by atoms with E-state index in [-0.39, 0.29) is 37.6 Å². The van der Waals surface area contributed by atoms with Crippen molar-refractivity contribution in [2.75, 3.05) is 5.32 Å². The minimum atomic E-state index is -1.31. The normalized spacial score (nSPS) is 10.3. The van der Waals surface area contributed by atoms with Crippen LogP contribution in [0.15, 0.2) is 30.3 Å². The summed E-state index contributed by atoms with van der Waals surface area (Å²) >= 11 is 17.6. The molecule has 0 atom stereocenters. The van der Waals surface area contributed by atoms with Crippen molar-refractivity contribution in [1.29, 1.82) is 0 Å². The molecule has 0 fully saturated rings. The summed E-state index contributed by atoms with van der Waals surface area (Å²) in [6.07, 6.45) is 0. The number of carboxylic acids is 1. The molecule has 7 nitrogen and oxygen atoms in total. The van der Waals surface area contributed by atoms with Gasteiger partial charge in [0.1, 0.15) is 0 Å². The van der Waals surface area contributed by atoms with E-state index in [1.807, 2.05) is 0 Å². The molecule has 0 aromatic heterocycles. The molecule has 0 saturated carbocycles. The molecule has 0 spiro atoms. The van der Waals surface area contributed by atoms with Crippen LogP contribution in [-0.4, -0.2) is 21.9 Å². The Morgan fingerprint density at radius 1 is 1.00 bits per heavy atom. The van der Waals surface area contributed by atoms with Crippen molar-refractivity contribution in [2.24, 2.45) is 0 Å². The number of anilines is 1. The Kier molecular flexibility index (Phi) is 5.28. The highest BCUT2D eigenvalue weighted by molar-refractivity contribution is 6.39. The van der Waals surface area contributed by atoms with Crippen molar-refractivity contribution in [3.8, 4) is 0 Å². The van der Waals surface area contributed by atoms with Gasteiger partial charge in [-0.1, -0.05) is 34.8 Å². The van der Waals surface area contributed by atoms with Gasteiger partial charge in [0.05, 0.1) is 36.8 Å². The first-order chi connectivity index (χ1) is 11.2. The summed E-state index contributed by atoms with van der Waals surface area (Å²) in [6.45, 7) is 0. The number of nitrogens with zero attached hydrogens (tertiary/aromatic N) is 1. The predicted octanol–water partition coefficient (Wildman–Crippen LogP) is 4.51. The van der Waals surface area contributed by atoms with Crippen molar-refractivity contribution >= 4 is 58.1 Å². The zero-order chi connectivity index (χ0) is 18.0. The van der Waals surface area contributed by atoms with Crippen molar-refractivity contribution in [3.63, 3.8) is 0 Å². The number of hydrogen-bond donors (Lipinski definition) is 2. The molecule has 0 saturated heterocycles. The molecular formula is C14H7Cl3N2O5. The third-order valence-corrected chi connectivity index (χ3v) is 3.90. The predicted molar refractivity (Wildman–Crippen MR) is 89.5 cm³/mol. The number of nitro benzene ring substituents is 1.